The Labute approximate surface area is 80.7 Å². The minimum Gasteiger partial charge on any atom is -0.368 e. The zero-order chi connectivity index (χ0) is 8.55. The van der Waals surface area contributed by atoms with Crippen LogP contribution < -0.4 is 5.32 Å². The Bertz CT molecular complexity index is 283. The summed E-state index contributed by atoms with van der Waals surface area (Å²) >= 11 is 7.74. The standard InChI is InChI=1S/C8H9ClN2S/c1-5-6(9)4-7-8(11-5)10-2-3-12-7/h4H,2-3H2,1H3,(H,10,11). The molecule has 0 unspecified atom stereocenters. The van der Waals surface area contributed by atoms with Gasteiger partial charge in [0.2, 0.25) is 0 Å². The van der Waals surface area contributed by atoms with E-state index in [1.807, 2.05) is 13.0 Å². The van der Waals surface area contributed by atoms with Crippen molar-refractivity contribution in [1.82, 2.24) is 4.98 Å². The van der Waals surface area contributed by atoms with Gasteiger partial charge in [0, 0.05) is 12.3 Å². The molecule has 0 saturated carbocycles. The first-order valence-electron chi connectivity index (χ1n) is 3.81. The summed E-state index contributed by atoms with van der Waals surface area (Å²) in [4.78, 5) is 5.51. The van der Waals surface area contributed by atoms with Crippen molar-refractivity contribution in [1.29, 1.82) is 0 Å². The molecule has 0 amide bonds. The molecule has 1 aromatic heterocycles. The van der Waals surface area contributed by atoms with Crippen LogP contribution in [0.4, 0.5) is 5.82 Å². The van der Waals surface area contributed by atoms with Crippen LogP contribution in [0.25, 0.3) is 0 Å². The summed E-state index contributed by atoms with van der Waals surface area (Å²) < 4.78 is 0. The normalized spacial score (nSPS) is 15.2. The maximum absolute atomic E-state index is 5.94. The minimum absolute atomic E-state index is 0.755. The summed E-state index contributed by atoms with van der Waals surface area (Å²) in [6, 6.07) is 1.98. The number of hydrogen-bond donors (Lipinski definition) is 1. The average Bonchev–Trinajstić information content (AvgIpc) is 2.07. The number of hydrogen-bond acceptors (Lipinski definition) is 3. The van der Waals surface area contributed by atoms with Crippen molar-refractivity contribution >= 4 is 29.2 Å². The Morgan fingerprint density at radius 3 is 3.33 bits per heavy atom. The lowest BCUT2D eigenvalue weighted by Gasteiger charge is -2.16. The fourth-order valence-electron chi connectivity index (χ4n) is 1.13. The SMILES string of the molecule is Cc1nc2c(cc1Cl)SCCN2. The van der Waals surface area contributed by atoms with Crippen LogP contribution in [0, 0.1) is 6.92 Å². The topological polar surface area (TPSA) is 24.9 Å². The predicted octanol–water partition coefficient (Wildman–Crippen LogP) is 2.56. The van der Waals surface area contributed by atoms with E-state index in [4.69, 9.17) is 11.6 Å². The van der Waals surface area contributed by atoms with Gasteiger partial charge in [0.25, 0.3) is 0 Å². The largest absolute Gasteiger partial charge is 0.368 e. The summed E-state index contributed by atoms with van der Waals surface area (Å²) in [6.07, 6.45) is 0. The number of aryl methyl sites for hydroxylation is 1. The number of nitrogens with zero attached hydrogens (tertiary/aromatic N) is 1. The average molecular weight is 201 g/mol. The molecule has 4 heteroatoms. The quantitative estimate of drug-likeness (QED) is 0.697. The highest BCUT2D eigenvalue weighted by molar-refractivity contribution is 7.99. The Balaban J connectivity index is 2.49. The molecule has 0 bridgehead atoms. The number of thioether (sulfide) groups is 1. The Kier molecular flexibility index (Phi) is 2.15. The molecule has 0 aliphatic carbocycles. The lowest BCUT2D eigenvalue weighted by Crippen LogP contribution is -2.12. The molecule has 1 N–H and O–H groups in total. The molecular weight excluding hydrogens is 192 g/mol. The van der Waals surface area contributed by atoms with Gasteiger partial charge >= 0.3 is 0 Å². The van der Waals surface area contributed by atoms with Crippen molar-refractivity contribution in [3.8, 4) is 0 Å². The summed E-state index contributed by atoms with van der Waals surface area (Å²) in [5.41, 5.74) is 0.894. The van der Waals surface area contributed by atoms with Crippen LogP contribution in [0.1, 0.15) is 5.69 Å². The van der Waals surface area contributed by atoms with E-state index in [1.54, 1.807) is 11.8 Å². The molecule has 12 heavy (non-hydrogen) atoms. The Hall–Kier alpha value is -0.410. The van der Waals surface area contributed by atoms with Crippen molar-refractivity contribution in [2.45, 2.75) is 11.8 Å². The Morgan fingerprint density at radius 1 is 1.67 bits per heavy atom. The van der Waals surface area contributed by atoms with Crippen molar-refractivity contribution in [2.24, 2.45) is 0 Å². The molecule has 1 aliphatic rings. The number of nitrogens with one attached hydrogen (secondary N) is 1. The van der Waals surface area contributed by atoms with Crippen molar-refractivity contribution in [3.63, 3.8) is 0 Å². The molecule has 2 heterocycles. The number of rotatable bonds is 0. The maximum Gasteiger partial charge on any atom is 0.140 e. The van der Waals surface area contributed by atoms with E-state index in [9.17, 15) is 0 Å². The van der Waals surface area contributed by atoms with Gasteiger partial charge in [0.05, 0.1) is 15.6 Å². The predicted molar refractivity (Wildman–Crippen MR) is 53.2 cm³/mol. The molecule has 64 valence electrons. The van der Waals surface area contributed by atoms with Crippen molar-refractivity contribution < 1.29 is 0 Å². The highest BCUT2D eigenvalue weighted by atomic mass is 35.5. The summed E-state index contributed by atoms with van der Waals surface area (Å²) in [5.74, 6) is 2.07. The summed E-state index contributed by atoms with van der Waals surface area (Å²) in [6.45, 7) is 2.91. The van der Waals surface area contributed by atoms with Gasteiger partial charge in [0.15, 0.2) is 0 Å². The van der Waals surface area contributed by atoms with Gasteiger partial charge in [0.1, 0.15) is 5.82 Å². The minimum atomic E-state index is 0.755. The number of fused-ring (bicyclic) bond motifs is 1. The fraction of sp³-hybridized carbons (Fsp3) is 0.375. The first kappa shape index (κ1) is 8.20. The lowest BCUT2D eigenvalue weighted by atomic mass is 10.3. The third-order valence-electron chi connectivity index (χ3n) is 1.77. The maximum atomic E-state index is 5.94. The molecule has 1 aliphatic heterocycles. The molecule has 0 spiro atoms. The van der Waals surface area contributed by atoms with E-state index in [1.165, 1.54) is 0 Å². The Morgan fingerprint density at radius 2 is 2.50 bits per heavy atom. The van der Waals surface area contributed by atoms with Crippen molar-refractivity contribution in [2.75, 3.05) is 17.6 Å². The molecular formula is C8H9ClN2S. The van der Waals surface area contributed by atoms with Crippen LogP contribution in [-0.4, -0.2) is 17.3 Å². The monoisotopic (exact) mass is 200 g/mol. The second-order valence-corrected chi connectivity index (χ2v) is 4.22. The second-order valence-electron chi connectivity index (χ2n) is 2.68. The molecule has 2 rings (SSSR count). The second kappa shape index (κ2) is 3.15. The zero-order valence-corrected chi connectivity index (χ0v) is 8.30. The van der Waals surface area contributed by atoms with Gasteiger partial charge in [-0.1, -0.05) is 11.6 Å². The van der Waals surface area contributed by atoms with Crippen LogP contribution in [0.3, 0.4) is 0 Å². The molecule has 0 aromatic carbocycles. The van der Waals surface area contributed by atoms with Gasteiger partial charge in [-0.05, 0) is 13.0 Å². The van der Waals surface area contributed by atoms with E-state index < -0.39 is 0 Å². The fourth-order valence-corrected chi connectivity index (χ4v) is 2.23. The van der Waals surface area contributed by atoms with E-state index in [-0.39, 0.29) is 0 Å². The zero-order valence-electron chi connectivity index (χ0n) is 6.72. The smallest absolute Gasteiger partial charge is 0.140 e. The molecule has 2 nitrogen and oxygen atoms in total. The molecule has 0 atom stereocenters. The molecule has 0 radical (unpaired) electrons. The number of aromatic nitrogens is 1. The van der Waals surface area contributed by atoms with Gasteiger partial charge in [-0.3, -0.25) is 0 Å². The highest BCUT2D eigenvalue weighted by Crippen LogP contribution is 2.32. The highest BCUT2D eigenvalue weighted by Gasteiger charge is 2.11. The summed E-state index contributed by atoms with van der Waals surface area (Å²) in [7, 11) is 0. The van der Waals surface area contributed by atoms with Crippen molar-refractivity contribution in [3.05, 3.63) is 16.8 Å². The number of pyridine rings is 1. The van der Waals surface area contributed by atoms with Gasteiger partial charge < -0.3 is 5.32 Å². The number of halogens is 1. The van der Waals surface area contributed by atoms with E-state index >= 15 is 0 Å². The van der Waals surface area contributed by atoms with Crippen LogP contribution in [0.5, 0.6) is 0 Å². The van der Waals surface area contributed by atoms with E-state index in [0.717, 1.165) is 33.7 Å². The van der Waals surface area contributed by atoms with Crippen LogP contribution in [0.2, 0.25) is 5.02 Å². The first-order chi connectivity index (χ1) is 5.77. The summed E-state index contributed by atoms with van der Waals surface area (Å²) in [5, 5.41) is 3.99. The first-order valence-corrected chi connectivity index (χ1v) is 5.17. The van der Waals surface area contributed by atoms with Crippen LogP contribution >= 0.6 is 23.4 Å². The van der Waals surface area contributed by atoms with Gasteiger partial charge in [-0.15, -0.1) is 11.8 Å². The number of anilines is 1. The lowest BCUT2D eigenvalue weighted by molar-refractivity contribution is 1.07. The third kappa shape index (κ3) is 1.39. The van der Waals surface area contributed by atoms with Crippen LogP contribution in [-0.2, 0) is 0 Å². The van der Waals surface area contributed by atoms with Gasteiger partial charge in [-0.2, -0.15) is 0 Å². The third-order valence-corrected chi connectivity index (χ3v) is 3.18. The van der Waals surface area contributed by atoms with E-state index in [0.29, 0.717) is 0 Å². The van der Waals surface area contributed by atoms with Crippen LogP contribution in [0.15, 0.2) is 11.0 Å². The van der Waals surface area contributed by atoms with E-state index in [2.05, 4.69) is 10.3 Å². The molecule has 1 aromatic rings. The molecule has 0 fully saturated rings. The molecule has 0 saturated heterocycles. The van der Waals surface area contributed by atoms with Gasteiger partial charge in [-0.25, -0.2) is 4.98 Å².